The van der Waals surface area contributed by atoms with Crippen molar-refractivity contribution in [3.8, 4) is 0 Å². The van der Waals surface area contributed by atoms with Gasteiger partial charge in [-0.25, -0.2) is 0 Å². The van der Waals surface area contributed by atoms with Gasteiger partial charge in [0.15, 0.2) is 0 Å². The summed E-state index contributed by atoms with van der Waals surface area (Å²) >= 11 is 11.2. The molecule has 0 bridgehead atoms. The number of nitrogens with zero attached hydrogens (tertiary/aromatic N) is 1. The fourth-order valence-corrected chi connectivity index (χ4v) is 3.27. The minimum Gasteiger partial charge on any atom is -0.389 e. The van der Waals surface area contributed by atoms with Crippen LogP contribution in [-0.2, 0) is 4.74 Å². The summed E-state index contributed by atoms with van der Waals surface area (Å²) in [7, 11) is 0. The molecular weight excluding hydrogens is 292 g/mol. The molecule has 1 aliphatic rings. The van der Waals surface area contributed by atoms with Gasteiger partial charge in [-0.1, -0.05) is 23.8 Å². The van der Waals surface area contributed by atoms with Crippen molar-refractivity contribution in [2.75, 3.05) is 18.0 Å². The number of hydrogen-bond acceptors (Lipinski definition) is 3. The molecule has 1 aromatic rings. The average molecular weight is 313 g/mol. The quantitative estimate of drug-likeness (QED) is 0.850. The predicted molar refractivity (Wildman–Crippen MR) is 88.8 cm³/mol. The van der Waals surface area contributed by atoms with E-state index in [-0.39, 0.29) is 11.2 Å². The van der Waals surface area contributed by atoms with E-state index in [0.29, 0.717) is 10.0 Å². The van der Waals surface area contributed by atoms with E-state index < -0.39 is 0 Å². The molecule has 0 amide bonds. The molecule has 1 heterocycles. The van der Waals surface area contributed by atoms with Crippen molar-refractivity contribution in [1.82, 2.24) is 0 Å². The van der Waals surface area contributed by atoms with E-state index in [2.05, 4.69) is 32.6 Å². The lowest BCUT2D eigenvalue weighted by Gasteiger charge is -2.48. The van der Waals surface area contributed by atoms with Gasteiger partial charge in [0, 0.05) is 29.4 Å². The summed E-state index contributed by atoms with van der Waals surface area (Å²) in [5, 5.41) is 0.642. The van der Waals surface area contributed by atoms with Gasteiger partial charge in [0.2, 0.25) is 0 Å². The topological polar surface area (TPSA) is 38.5 Å². The second-order valence-electron chi connectivity index (χ2n) is 6.50. The second-order valence-corrected chi connectivity index (χ2v) is 7.38. The summed E-state index contributed by atoms with van der Waals surface area (Å²) in [5.41, 5.74) is 7.23. The first-order valence-electron chi connectivity index (χ1n) is 6.64. The van der Waals surface area contributed by atoms with Gasteiger partial charge in [-0.05, 0) is 45.9 Å². The lowest BCUT2D eigenvalue weighted by molar-refractivity contribution is -0.133. The molecule has 110 valence electrons. The number of nitrogens with two attached hydrogens (primary N) is 1. The maximum Gasteiger partial charge on any atom is 0.106 e. The lowest BCUT2D eigenvalue weighted by atomic mass is 9.97. The van der Waals surface area contributed by atoms with Crippen LogP contribution in [0.2, 0.25) is 5.02 Å². The highest BCUT2D eigenvalue weighted by molar-refractivity contribution is 7.80. The number of benzene rings is 1. The third-order valence-electron chi connectivity index (χ3n) is 3.26. The lowest BCUT2D eigenvalue weighted by Crippen LogP contribution is -2.57. The van der Waals surface area contributed by atoms with Crippen LogP contribution in [0.3, 0.4) is 0 Å². The smallest absolute Gasteiger partial charge is 0.106 e. The zero-order valence-electron chi connectivity index (χ0n) is 12.4. The van der Waals surface area contributed by atoms with Crippen LogP contribution in [0.4, 0.5) is 5.69 Å². The molecule has 0 radical (unpaired) electrons. The maximum atomic E-state index is 6.11. The maximum absolute atomic E-state index is 6.11. The van der Waals surface area contributed by atoms with Crippen LogP contribution < -0.4 is 10.6 Å². The van der Waals surface area contributed by atoms with Crippen LogP contribution >= 0.6 is 23.8 Å². The molecule has 1 aliphatic heterocycles. The molecule has 20 heavy (non-hydrogen) atoms. The van der Waals surface area contributed by atoms with Gasteiger partial charge in [0.25, 0.3) is 0 Å². The Balaban J connectivity index is 2.43. The third kappa shape index (κ3) is 3.43. The molecule has 0 saturated carbocycles. The minimum atomic E-state index is -0.227. The molecule has 0 spiro atoms. The van der Waals surface area contributed by atoms with Crippen molar-refractivity contribution in [2.45, 2.75) is 38.9 Å². The van der Waals surface area contributed by atoms with E-state index in [1.807, 2.05) is 18.2 Å². The van der Waals surface area contributed by atoms with Crippen LogP contribution in [0, 0.1) is 0 Å². The van der Waals surface area contributed by atoms with Crippen molar-refractivity contribution in [3.05, 3.63) is 28.8 Å². The van der Waals surface area contributed by atoms with Crippen molar-refractivity contribution in [2.24, 2.45) is 5.73 Å². The number of anilines is 1. The molecule has 2 rings (SSSR count). The number of thiocarbonyl (C=S) groups is 1. The van der Waals surface area contributed by atoms with Crippen LogP contribution in [-0.4, -0.2) is 29.3 Å². The molecule has 1 fully saturated rings. The Bertz CT molecular complexity index is 527. The largest absolute Gasteiger partial charge is 0.389 e. The standard InChI is InChI=1S/C15H21ClN2OS/c1-14(2)8-18(9-15(3,4)19-14)12-6-5-10(16)7-11(12)13(17)20/h5-7H,8-9H2,1-4H3,(H2,17,20). The molecule has 3 nitrogen and oxygen atoms in total. The fourth-order valence-electron chi connectivity index (χ4n) is 2.94. The number of halogens is 1. The van der Waals surface area contributed by atoms with E-state index in [4.69, 9.17) is 34.3 Å². The Kier molecular flexibility index (Phi) is 4.02. The summed E-state index contributed by atoms with van der Waals surface area (Å²) < 4.78 is 6.11. The van der Waals surface area contributed by atoms with Crippen LogP contribution in [0.25, 0.3) is 0 Å². The minimum absolute atomic E-state index is 0.227. The van der Waals surface area contributed by atoms with Gasteiger partial charge in [-0.3, -0.25) is 0 Å². The van der Waals surface area contributed by atoms with Gasteiger partial charge in [0.1, 0.15) is 4.99 Å². The monoisotopic (exact) mass is 312 g/mol. The molecule has 1 saturated heterocycles. The van der Waals surface area contributed by atoms with E-state index in [1.165, 1.54) is 0 Å². The van der Waals surface area contributed by atoms with Gasteiger partial charge in [-0.2, -0.15) is 0 Å². The van der Waals surface area contributed by atoms with Crippen LogP contribution in [0.5, 0.6) is 0 Å². The van der Waals surface area contributed by atoms with Crippen LogP contribution in [0.1, 0.15) is 33.3 Å². The Labute approximate surface area is 131 Å². The fraction of sp³-hybridized carbons (Fsp3) is 0.533. The highest BCUT2D eigenvalue weighted by Gasteiger charge is 2.38. The zero-order valence-corrected chi connectivity index (χ0v) is 13.9. The SMILES string of the molecule is CC1(C)CN(c2ccc(Cl)cc2C(N)=S)CC(C)(C)O1. The Morgan fingerprint density at radius 2 is 1.80 bits per heavy atom. The molecule has 5 heteroatoms. The molecule has 2 N–H and O–H groups in total. The van der Waals surface area contributed by atoms with Crippen molar-refractivity contribution in [3.63, 3.8) is 0 Å². The van der Waals surface area contributed by atoms with E-state index >= 15 is 0 Å². The Hall–Kier alpha value is -0.840. The Morgan fingerprint density at radius 3 is 2.30 bits per heavy atom. The van der Waals surface area contributed by atoms with Crippen molar-refractivity contribution in [1.29, 1.82) is 0 Å². The van der Waals surface area contributed by atoms with Crippen molar-refractivity contribution >= 4 is 34.5 Å². The summed E-state index contributed by atoms with van der Waals surface area (Å²) in [6.07, 6.45) is 0. The molecule has 1 aromatic carbocycles. The second kappa shape index (κ2) is 5.17. The number of rotatable bonds is 2. The van der Waals surface area contributed by atoms with E-state index in [1.54, 1.807) is 0 Å². The molecule has 0 atom stereocenters. The van der Waals surface area contributed by atoms with Crippen LogP contribution in [0.15, 0.2) is 18.2 Å². The number of ether oxygens (including phenoxy) is 1. The summed E-state index contributed by atoms with van der Waals surface area (Å²) in [4.78, 5) is 2.64. The summed E-state index contributed by atoms with van der Waals surface area (Å²) in [6.45, 7) is 9.95. The first kappa shape index (κ1) is 15.5. The average Bonchev–Trinajstić information content (AvgIpc) is 2.24. The molecule has 0 aromatic heterocycles. The highest BCUT2D eigenvalue weighted by Crippen LogP contribution is 2.33. The van der Waals surface area contributed by atoms with Gasteiger partial charge >= 0.3 is 0 Å². The number of morpholine rings is 1. The predicted octanol–water partition coefficient (Wildman–Crippen LogP) is 3.37. The zero-order chi connectivity index (χ0) is 15.1. The van der Waals surface area contributed by atoms with Gasteiger partial charge in [0.05, 0.1) is 11.2 Å². The number of hydrogen-bond donors (Lipinski definition) is 1. The van der Waals surface area contributed by atoms with E-state index in [0.717, 1.165) is 24.3 Å². The summed E-state index contributed by atoms with van der Waals surface area (Å²) in [6, 6.07) is 5.68. The third-order valence-corrected chi connectivity index (χ3v) is 3.72. The van der Waals surface area contributed by atoms with Gasteiger partial charge < -0.3 is 15.4 Å². The molecule has 0 aliphatic carbocycles. The molecular formula is C15H21ClN2OS. The van der Waals surface area contributed by atoms with E-state index in [9.17, 15) is 0 Å². The Morgan fingerprint density at radius 1 is 1.25 bits per heavy atom. The first-order valence-corrected chi connectivity index (χ1v) is 7.43. The van der Waals surface area contributed by atoms with Crippen molar-refractivity contribution < 1.29 is 4.74 Å². The van der Waals surface area contributed by atoms with Gasteiger partial charge in [-0.15, -0.1) is 0 Å². The first-order chi connectivity index (χ1) is 9.10. The summed E-state index contributed by atoms with van der Waals surface area (Å²) in [5.74, 6) is 0. The normalized spacial score (nSPS) is 20.8. The highest BCUT2D eigenvalue weighted by atomic mass is 35.5. The molecule has 0 unspecified atom stereocenters.